The Hall–Kier alpha value is -1.95. The number of fused-ring (bicyclic) bond motifs is 1. The average Bonchev–Trinajstić information content (AvgIpc) is 2.53. The van der Waals surface area contributed by atoms with Crippen molar-refractivity contribution in [2.75, 3.05) is 6.54 Å². The highest BCUT2D eigenvalue weighted by atomic mass is 19.4. The number of nitrogens with zero attached hydrogens (tertiary/aromatic N) is 3. The van der Waals surface area contributed by atoms with E-state index in [9.17, 15) is 13.2 Å². The van der Waals surface area contributed by atoms with Gasteiger partial charge in [-0.05, 0) is 11.6 Å². The van der Waals surface area contributed by atoms with Crippen LogP contribution in [0.2, 0.25) is 0 Å². The molecule has 0 aliphatic carbocycles. The first-order chi connectivity index (χ1) is 11.3. The second kappa shape index (κ2) is 6.51. The van der Waals surface area contributed by atoms with Crippen LogP contribution < -0.4 is 0 Å². The number of benzene rings is 1. The van der Waals surface area contributed by atoms with Crippen LogP contribution in [0.1, 0.15) is 48.0 Å². The topological polar surface area (TPSA) is 29.0 Å². The average molecular weight is 335 g/mol. The zero-order chi connectivity index (χ0) is 17.3. The number of alkyl halides is 3. The van der Waals surface area contributed by atoms with E-state index in [0.717, 1.165) is 29.6 Å². The van der Waals surface area contributed by atoms with Crippen LogP contribution in [0.15, 0.2) is 30.5 Å². The summed E-state index contributed by atoms with van der Waals surface area (Å²) in [5, 5.41) is 0. The molecule has 24 heavy (non-hydrogen) atoms. The molecule has 2 aromatic rings. The molecule has 0 N–H and O–H groups in total. The predicted octanol–water partition coefficient (Wildman–Crippen LogP) is 4.18. The summed E-state index contributed by atoms with van der Waals surface area (Å²) in [7, 11) is 0. The fraction of sp³-hybridized carbons (Fsp3) is 0.444. The summed E-state index contributed by atoms with van der Waals surface area (Å²) in [5.41, 5.74) is 1.79. The number of hydrogen-bond acceptors (Lipinski definition) is 3. The number of aromatic nitrogens is 2. The molecule has 128 valence electrons. The van der Waals surface area contributed by atoms with E-state index >= 15 is 0 Å². The molecule has 0 saturated heterocycles. The number of hydrogen-bond donors (Lipinski definition) is 0. The maximum absolute atomic E-state index is 13.1. The van der Waals surface area contributed by atoms with Crippen LogP contribution in [0.5, 0.6) is 0 Å². The maximum atomic E-state index is 13.1. The van der Waals surface area contributed by atoms with Crippen molar-refractivity contribution < 1.29 is 13.2 Å². The zero-order valence-electron chi connectivity index (χ0n) is 13.8. The molecule has 0 fully saturated rings. The molecular formula is C18H20F3N3. The molecule has 0 bridgehead atoms. The fourth-order valence-electron chi connectivity index (χ4n) is 2.98. The van der Waals surface area contributed by atoms with Crippen molar-refractivity contribution in [2.24, 2.45) is 0 Å². The quantitative estimate of drug-likeness (QED) is 0.843. The van der Waals surface area contributed by atoms with Crippen LogP contribution in [0.4, 0.5) is 13.2 Å². The fourth-order valence-corrected chi connectivity index (χ4v) is 2.98. The highest BCUT2D eigenvalue weighted by Gasteiger charge is 2.33. The van der Waals surface area contributed by atoms with Gasteiger partial charge in [-0.25, -0.2) is 9.97 Å². The van der Waals surface area contributed by atoms with Crippen molar-refractivity contribution in [3.8, 4) is 0 Å². The molecule has 3 nitrogen and oxygen atoms in total. The summed E-state index contributed by atoms with van der Waals surface area (Å²) in [6.45, 7) is 5.66. The van der Waals surface area contributed by atoms with Crippen molar-refractivity contribution in [1.82, 2.24) is 14.9 Å². The highest BCUT2D eigenvalue weighted by molar-refractivity contribution is 5.30. The van der Waals surface area contributed by atoms with Crippen LogP contribution in [-0.4, -0.2) is 21.4 Å². The minimum Gasteiger partial charge on any atom is -0.294 e. The molecule has 0 radical (unpaired) electrons. The van der Waals surface area contributed by atoms with E-state index in [1.54, 1.807) is 12.1 Å². The Morgan fingerprint density at radius 1 is 1.21 bits per heavy atom. The lowest BCUT2D eigenvalue weighted by molar-refractivity contribution is -0.138. The van der Waals surface area contributed by atoms with Gasteiger partial charge in [0.05, 0.1) is 5.56 Å². The van der Waals surface area contributed by atoms with Crippen LogP contribution >= 0.6 is 0 Å². The SMILES string of the molecule is CC(C)c1ncc2c(n1)CCN(Cc1ccccc1C(F)(F)F)C2. The summed E-state index contributed by atoms with van der Waals surface area (Å²) < 4.78 is 39.4. The van der Waals surface area contributed by atoms with Crippen LogP contribution in [0, 0.1) is 0 Å². The zero-order valence-corrected chi connectivity index (χ0v) is 13.8. The van der Waals surface area contributed by atoms with Gasteiger partial charge in [-0.1, -0.05) is 32.0 Å². The first-order valence-electron chi connectivity index (χ1n) is 8.06. The van der Waals surface area contributed by atoms with E-state index < -0.39 is 11.7 Å². The van der Waals surface area contributed by atoms with Crippen molar-refractivity contribution in [1.29, 1.82) is 0 Å². The second-order valence-electron chi connectivity index (χ2n) is 6.47. The molecule has 1 aromatic heterocycles. The third-order valence-electron chi connectivity index (χ3n) is 4.26. The summed E-state index contributed by atoms with van der Waals surface area (Å²) in [6, 6.07) is 5.78. The molecular weight excluding hydrogens is 315 g/mol. The third-order valence-corrected chi connectivity index (χ3v) is 4.26. The van der Waals surface area contributed by atoms with Gasteiger partial charge in [-0.15, -0.1) is 0 Å². The molecule has 0 amide bonds. The first kappa shape index (κ1) is 16.9. The minimum atomic E-state index is -4.32. The Balaban J connectivity index is 1.78. The van der Waals surface area contributed by atoms with Crippen molar-refractivity contribution >= 4 is 0 Å². The summed E-state index contributed by atoms with van der Waals surface area (Å²) in [6.07, 6.45) is -1.76. The van der Waals surface area contributed by atoms with Gasteiger partial charge in [0.1, 0.15) is 5.82 Å². The second-order valence-corrected chi connectivity index (χ2v) is 6.47. The van der Waals surface area contributed by atoms with Gasteiger partial charge < -0.3 is 0 Å². The van der Waals surface area contributed by atoms with Gasteiger partial charge in [-0.3, -0.25) is 4.90 Å². The van der Waals surface area contributed by atoms with E-state index in [2.05, 4.69) is 9.97 Å². The lowest BCUT2D eigenvalue weighted by Crippen LogP contribution is -2.32. The van der Waals surface area contributed by atoms with E-state index in [0.29, 0.717) is 18.7 Å². The smallest absolute Gasteiger partial charge is 0.294 e. The van der Waals surface area contributed by atoms with Crippen molar-refractivity contribution in [3.63, 3.8) is 0 Å². The summed E-state index contributed by atoms with van der Waals surface area (Å²) in [4.78, 5) is 11.0. The van der Waals surface area contributed by atoms with Crippen molar-refractivity contribution in [2.45, 2.75) is 45.5 Å². The number of halogens is 3. The van der Waals surface area contributed by atoms with E-state index in [4.69, 9.17) is 0 Å². The lowest BCUT2D eigenvalue weighted by Gasteiger charge is -2.29. The van der Waals surface area contributed by atoms with Gasteiger partial charge in [0.25, 0.3) is 0 Å². The standard InChI is InChI=1S/C18H20F3N3/c1-12(2)17-22-9-14-11-24(8-7-16(14)23-17)10-13-5-3-4-6-15(13)18(19,20)21/h3-6,9,12H,7-8,10-11H2,1-2H3. The Morgan fingerprint density at radius 2 is 1.96 bits per heavy atom. The third kappa shape index (κ3) is 3.59. The monoisotopic (exact) mass is 335 g/mol. The summed E-state index contributed by atoms with van der Waals surface area (Å²) >= 11 is 0. The normalized spacial score (nSPS) is 15.6. The largest absolute Gasteiger partial charge is 0.416 e. The van der Waals surface area contributed by atoms with E-state index in [1.807, 2.05) is 24.9 Å². The Morgan fingerprint density at radius 3 is 2.67 bits per heavy atom. The van der Waals surface area contributed by atoms with Crippen LogP contribution in [-0.2, 0) is 25.7 Å². The molecule has 2 heterocycles. The Kier molecular flexibility index (Phi) is 4.58. The summed E-state index contributed by atoms with van der Waals surface area (Å²) in [5.74, 6) is 1.09. The predicted molar refractivity (Wildman–Crippen MR) is 85.4 cm³/mol. The van der Waals surface area contributed by atoms with Gasteiger partial charge in [0, 0.05) is 49.4 Å². The highest BCUT2D eigenvalue weighted by Crippen LogP contribution is 2.33. The molecule has 1 aromatic carbocycles. The number of rotatable bonds is 3. The Labute approximate surface area is 139 Å². The molecule has 0 unspecified atom stereocenters. The maximum Gasteiger partial charge on any atom is 0.416 e. The Bertz CT molecular complexity index is 726. The minimum absolute atomic E-state index is 0.270. The molecule has 1 aliphatic heterocycles. The van der Waals surface area contributed by atoms with E-state index in [-0.39, 0.29) is 12.5 Å². The molecule has 0 spiro atoms. The van der Waals surface area contributed by atoms with Crippen LogP contribution in [0.3, 0.4) is 0 Å². The van der Waals surface area contributed by atoms with Crippen molar-refractivity contribution in [3.05, 3.63) is 58.7 Å². The van der Waals surface area contributed by atoms with Gasteiger partial charge in [0.15, 0.2) is 0 Å². The van der Waals surface area contributed by atoms with Gasteiger partial charge in [-0.2, -0.15) is 13.2 Å². The molecule has 0 saturated carbocycles. The molecule has 0 atom stereocenters. The molecule has 3 rings (SSSR count). The molecule has 1 aliphatic rings. The van der Waals surface area contributed by atoms with Gasteiger partial charge in [0.2, 0.25) is 0 Å². The van der Waals surface area contributed by atoms with Crippen LogP contribution in [0.25, 0.3) is 0 Å². The molecule has 6 heteroatoms. The lowest BCUT2D eigenvalue weighted by atomic mass is 10.0. The van der Waals surface area contributed by atoms with Gasteiger partial charge >= 0.3 is 6.18 Å². The van der Waals surface area contributed by atoms with E-state index in [1.165, 1.54) is 6.07 Å². The first-order valence-corrected chi connectivity index (χ1v) is 8.06.